The Morgan fingerprint density at radius 1 is 1.26 bits per heavy atom. The van der Waals surface area contributed by atoms with Crippen molar-refractivity contribution in [1.82, 2.24) is 4.90 Å². The Bertz CT molecular complexity index is 773. The molecule has 27 heavy (non-hydrogen) atoms. The molecule has 3 aliphatic heterocycles. The summed E-state index contributed by atoms with van der Waals surface area (Å²) in [6, 6.07) is 3.96. The molecular formula is C18H22ClN3O5. The fraction of sp³-hybridized carbons (Fsp3) is 0.500. The van der Waals surface area contributed by atoms with E-state index in [0.717, 1.165) is 17.7 Å². The highest BCUT2D eigenvalue weighted by atomic mass is 35.5. The van der Waals surface area contributed by atoms with Crippen LogP contribution in [0, 0.1) is 11.8 Å². The van der Waals surface area contributed by atoms with Crippen molar-refractivity contribution in [3.63, 3.8) is 0 Å². The van der Waals surface area contributed by atoms with Crippen LogP contribution < -0.4 is 15.8 Å². The number of anilines is 2. The van der Waals surface area contributed by atoms with E-state index in [4.69, 9.17) is 15.2 Å². The van der Waals surface area contributed by atoms with E-state index in [9.17, 15) is 14.4 Å². The molecule has 0 saturated carbocycles. The van der Waals surface area contributed by atoms with Crippen LogP contribution in [0.25, 0.3) is 0 Å². The highest BCUT2D eigenvalue weighted by molar-refractivity contribution is 6.10. The van der Waals surface area contributed by atoms with E-state index in [-0.39, 0.29) is 36.4 Å². The minimum atomic E-state index is -0.900. The largest absolute Gasteiger partial charge is 0.495 e. The van der Waals surface area contributed by atoms with E-state index in [1.807, 2.05) is 0 Å². The van der Waals surface area contributed by atoms with Crippen LogP contribution in [0.15, 0.2) is 18.2 Å². The van der Waals surface area contributed by atoms with Gasteiger partial charge in [0.15, 0.2) is 0 Å². The van der Waals surface area contributed by atoms with E-state index in [1.165, 1.54) is 7.11 Å². The minimum Gasteiger partial charge on any atom is -0.495 e. The van der Waals surface area contributed by atoms with Gasteiger partial charge in [-0.15, -0.1) is 12.4 Å². The maximum Gasteiger partial charge on any atom is 0.247 e. The summed E-state index contributed by atoms with van der Waals surface area (Å²) in [6.07, 6.45) is 1.21. The van der Waals surface area contributed by atoms with Gasteiger partial charge in [-0.05, 0) is 38.0 Å². The van der Waals surface area contributed by atoms with Crippen molar-refractivity contribution in [2.45, 2.75) is 38.0 Å². The number of nitrogen functional groups attached to an aromatic ring is 1. The number of likely N-dealkylation sites (tertiary alicyclic amines) is 1. The fourth-order valence-electron chi connectivity index (χ4n) is 4.29. The zero-order chi connectivity index (χ0) is 18.6. The number of nitrogens with two attached hydrogens (primary N) is 1. The second kappa shape index (κ2) is 7.01. The number of hydrogen-bond acceptors (Lipinski definition) is 6. The molecule has 3 N–H and O–H groups in total. The molecule has 0 aromatic heterocycles. The zero-order valence-corrected chi connectivity index (χ0v) is 15.8. The quantitative estimate of drug-likeness (QED) is 0.585. The zero-order valence-electron chi connectivity index (χ0n) is 15.0. The van der Waals surface area contributed by atoms with Crippen molar-refractivity contribution in [1.29, 1.82) is 0 Å². The molecule has 3 aliphatic rings. The normalized spacial score (nSPS) is 29.3. The number of nitrogens with zero attached hydrogens (tertiary/aromatic N) is 1. The van der Waals surface area contributed by atoms with Gasteiger partial charge < -0.3 is 20.5 Å². The lowest BCUT2D eigenvalue weighted by Gasteiger charge is -2.24. The Morgan fingerprint density at radius 2 is 1.85 bits per heavy atom. The summed E-state index contributed by atoms with van der Waals surface area (Å²) >= 11 is 0. The molecule has 5 atom stereocenters. The highest BCUT2D eigenvalue weighted by Gasteiger charge is 2.63. The molecule has 3 heterocycles. The number of ether oxygens (including phenoxy) is 2. The minimum absolute atomic E-state index is 0. The van der Waals surface area contributed by atoms with Gasteiger partial charge in [-0.1, -0.05) is 0 Å². The highest BCUT2D eigenvalue weighted by Crippen LogP contribution is 2.48. The van der Waals surface area contributed by atoms with Crippen molar-refractivity contribution in [2.24, 2.45) is 11.8 Å². The van der Waals surface area contributed by atoms with E-state index in [0.29, 0.717) is 17.1 Å². The van der Waals surface area contributed by atoms with Gasteiger partial charge in [-0.25, -0.2) is 0 Å². The van der Waals surface area contributed by atoms with Gasteiger partial charge in [-0.2, -0.15) is 0 Å². The first-order valence-electron chi connectivity index (χ1n) is 8.69. The molecule has 2 bridgehead atoms. The van der Waals surface area contributed by atoms with E-state index in [1.54, 1.807) is 25.1 Å². The number of rotatable bonds is 4. The topological polar surface area (TPSA) is 111 Å². The first-order valence-corrected chi connectivity index (χ1v) is 8.69. The third kappa shape index (κ3) is 2.93. The Kier molecular flexibility index (Phi) is 5.05. The third-order valence-electron chi connectivity index (χ3n) is 5.58. The molecule has 0 aliphatic carbocycles. The predicted molar refractivity (Wildman–Crippen MR) is 99.5 cm³/mol. The molecular weight excluding hydrogens is 374 g/mol. The van der Waals surface area contributed by atoms with E-state index < -0.39 is 23.8 Å². The third-order valence-corrected chi connectivity index (χ3v) is 5.58. The predicted octanol–water partition coefficient (Wildman–Crippen LogP) is 1.19. The molecule has 1 aromatic carbocycles. The lowest BCUT2D eigenvalue weighted by molar-refractivity contribution is -0.148. The second-order valence-electron chi connectivity index (χ2n) is 7.01. The van der Waals surface area contributed by atoms with Crippen LogP contribution in [-0.2, 0) is 19.1 Å². The van der Waals surface area contributed by atoms with Crippen LogP contribution in [0.1, 0.15) is 19.8 Å². The van der Waals surface area contributed by atoms with Gasteiger partial charge in [0.2, 0.25) is 17.7 Å². The van der Waals surface area contributed by atoms with Gasteiger partial charge >= 0.3 is 0 Å². The molecule has 3 saturated heterocycles. The number of carbonyl (C=O) groups is 3. The first-order chi connectivity index (χ1) is 12.4. The number of imide groups is 1. The smallest absolute Gasteiger partial charge is 0.247 e. The Hall–Kier alpha value is -2.32. The van der Waals surface area contributed by atoms with Crippen molar-refractivity contribution in [3.8, 4) is 5.75 Å². The summed E-state index contributed by atoms with van der Waals surface area (Å²) in [6.45, 7) is 1.56. The van der Waals surface area contributed by atoms with Crippen LogP contribution >= 0.6 is 12.4 Å². The number of halogens is 1. The molecule has 5 unspecified atom stereocenters. The van der Waals surface area contributed by atoms with E-state index in [2.05, 4.69) is 5.32 Å². The Morgan fingerprint density at radius 3 is 2.37 bits per heavy atom. The lowest BCUT2D eigenvalue weighted by atomic mass is 9.81. The molecule has 0 radical (unpaired) electrons. The summed E-state index contributed by atoms with van der Waals surface area (Å²) in [5.74, 6) is -1.41. The molecule has 3 fully saturated rings. The van der Waals surface area contributed by atoms with E-state index >= 15 is 0 Å². The number of amides is 3. The summed E-state index contributed by atoms with van der Waals surface area (Å²) < 4.78 is 10.8. The van der Waals surface area contributed by atoms with Gasteiger partial charge in [0.05, 0.1) is 36.8 Å². The standard InChI is InChI=1S/C18H21N3O5.ClH/c1-8(16(22)20-9-3-4-11(25-2)10(19)7-9)21-17(23)14-12-5-6-13(26-12)15(14)18(21)24;/h3-4,7-8,12-15H,5-6,19H2,1-2H3,(H,20,22);1H. The summed E-state index contributed by atoms with van der Waals surface area (Å²) in [7, 11) is 1.50. The number of methoxy groups -OCH3 is 1. The van der Waals surface area contributed by atoms with Gasteiger partial charge in [-0.3, -0.25) is 19.3 Å². The summed E-state index contributed by atoms with van der Waals surface area (Å²) in [5, 5.41) is 2.70. The van der Waals surface area contributed by atoms with Crippen molar-refractivity contribution >= 4 is 41.5 Å². The number of fused-ring (bicyclic) bond motifs is 5. The second-order valence-corrected chi connectivity index (χ2v) is 7.01. The maximum atomic E-state index is 12.7. The molecule has 8 nitrogen and oxygen atoms in total. The van der Waals surface area contributed by atoms with Gasteiger partial charge in [0, 0.05) is 5.69 Å². The Balaban J connectivity index is 0.00000210. The average Bonchev–Trinajstić information content (AvgIpc) is 3.28. The SMILES string of the molecule is COc1ccc(NC(=O)C(C)N2C(=O)C3C4CCC(O4)C3C2=O)cc1N.Cl. The van der Waals surface area contributed by atoms with Gasteiger partial charge in [0.1, 0.15) is 11.8 Å². The number of nitrogens with one attached hydrogen (secondary N) is 1. The molecule has 9 heteroatoms. The van der Waals surface area contributed by atoms with Crippen LogP contribution in [0.3, 0.4) is 0 Å². The number of hydrogen-bond donors (Lipinski definition) is 2. The maximum absolute atomic E-state index is 12.7. The average molecular weight is 396 g/mol. The summed E-state index contributed by atoms with van der Waals surface area (Å²) in [5.41, 5.74) is 6.70. The number of carbonyl (C=O) groups excluding carboxylic acids is 3. The monoisotopic (exact) mass is 395 g/mol. The van der Waals surface area contributed by atoms with Gasteiger partial charge in [0.25, 0.3) is 0 Å². The molecule has 1 aromatic rings. The lowest BCUT2D eigenvalue weighted by Crippen LogP contribution is -2.47. The van der Waals surface area contributed by atoms with Crippen LogP contribution in [0.5, 0.6) is 5.75 Å². The molecule has 3 amide bonds. The number of benzene rings is 1. The molecule has 4 rings (SSSR count). The first kappa shape index (κ1) is 19.4. The van der Waals surface area contributed by atoms with Crippen molar-refractivity contribution < 1.29 is 23.9 Å². The van der Waals surface area contributed by atoms with Crippen LogP contribution in [-0.4, -0.2) is 48.0 Å². The van der Waals surface area contributed by atoms with Crippen LogP contribution in [0.4, 0.5) is 11.4 Å². The Labute approximate surface area is 162 Å². The molecule has 146 valence electrons. The summed E-state index contributed by atoms with van der Waals surface area (Å²) in [4.78, 5) is 39.2. The molecule has 0 spiro atoms. The van der Waals surface area contributed by atoms with Crippen LogP contribution in [0.2, 0.25) is 0 Å². The van der Waals surface area contributed by atoms with Crippen molar-refractivity contribution in [2.75, 3.05) is 18.2 Å². The van der Waals surface area contributed by atoms with Crippen molar-refractivity contribution in [3.05, 3.63) is 18.2 Å². The fourth-order valence-corrected chi connectivity index (χ4v) is 4.29.